The first-order valence-electron chi connectivity index (χ1n) is 5.79. The highest BCUT2D eigenvalue weighted by atomic mass is 79.9. The molecule has 0 saturated heterocycles. The van der Waals surface area contributed by atoms with Gasteiger partial charge >= 0.3 is 0 Å². The largest absolute Gasteiger partial charge is 0.392 e. The highest BCUT2D eigenvalue weighted by molar-refractivity contribution is 9.10. The van der Waals surface area contributed by atoms with Gasteiger partial charge in [-0.25, -0.2) is 0 Å². The number of benzene rings is 1. The third kappa shape index (κ3) is 5.15. The van der Waals surface area contributed by atoms with Gasteiger partial charge in [0, 0.05) is 39.0 Å². The second-order valence-electron chi connectivity index (χ2n) is 4.13. The van der Waals surface area contributed by atoms with E-state index in [0.717, 1.165) is 20.0 Å². The highest BCUT2D eigenvalue weighted by Crippen LogP contribution is 2.22. The van der Waals surface area contributed by atoms with Gasteiger partial charge in [-0.3, -0.25) is 4.98 Å². The van der Waals surface area contributed by atoms with Crippen molar-refractivity contribution in [2.75, 3.05) is 5.75 Å². The molecule has 0 saturated carbocycles. The van der Waals surface area contributed by atoms with E-state index < -0.39 is 6.10 Å². The fraction of sp³-hybridized carbons (Fsp3) is 0.214. The summed E-state index contributed by atoms with van der Waals surface area (Å²) in [5, 5.41) is 10.7. The van der Waals surface area contributed by atoms with Gasteiger partial charge in [0.2, 0.25) is 0 Å². The van der Waals surface area contributed by atoms with Gasteiger partial charge in [-0.1, -0.05) is 11.6 Å². The zero-order valence-electron chi connectivity index (χ0n) is 10.1. The molecule has 0 fully saturated rings. The second kappa shape index (κ2) is 7.29. The second-order valence-corrected chi connectivity index (χ2v) is 6.58. The number of aromatic nitrogens is 1. The predicted molar refractivity (Wildman–Crippen MR) is 83.8 cm³/mol. The molecular weight excluding hydrogens is 346 g/mol. The fourth-order valence-corrected chi connectivity index (χ4v) is 2.99. The van der Waals surface area contributed by atoms with Crippen LogP contribution in [-0.2, 0) is 6.42 Å². The Morgan fingerprint density at radius 1 is 1.26 bits per heavy atom. The Balaban J connectivity index is 1.84. The van der Waals surface area contributed by atoms with E-state index in [4.69, 9.17) is 11.6 Å². The smallest absolute Gasteiger partial charge is 0.0674 e. The monoisotopic (exact) mass is 357 g/mol. The Morgan fingerprint density at radius 3 is 2.68 bits per heavy atom. The third-order valence-corrected chi connectivity index (χ3v) is 4.33. The van der Waals surface area contributed by atoms with E-state index in [2.05, 4.69) is 20.9 Å². The molecule has 2 rings (SSSR count). The average molecular weight is 359 g/mol. The molecule has 1 unspecified atom stereocenters. The summed E-state index contributed by atoms with van der Waals surface area (Å²) >= 11 is 10.8. The molecule has 0 bridgehead atoms. The Kier molecular flexibility index (Phi) is 5.70. The van der Waals surface area contributed by atoms with Gasteiger partial charge < -0.3 is 5.11 Å². The first-order valence-corrected chi connectivity index (χ1v) is 7.95. The van der Waals surface area contributed by atoms with E-state index in [9.17, 15) is 5.11 Å². The third-order valence-electron chi connectivity index (χ3n) is 2.49. The summed E-state index contributed by atoms with van der Waals surface area (Å²) in [6.45, 7) is 0. The van der Waals surface area contributed by atoms with Crippen molar-refractivity contribution in [3.8, 4) is 0 Å². The maximum absolute atomic E-state index is 10.0. The number of pyridine rings is 1. The van der Waals surface area contributed by atoms with E-state index in [1.54, 1.807) is 24.2 Å². The molecular formula is C14H13BrClNOS. The van der Waals surface area contributed by atoms with Crippen molar-refractivity contribution in [1.82, 2.24) is 4.98 Å². The van der Waals surface area contributed by atoms with Gasteiger partial charge in [-0.15, -0.1) is 11.8 Å². The molecule has 0 amide bonds. The molecule has 1 aromatic heterocycles. The summed E-state index contributed by atoms with van der Waals surface area (Å²) in [6.07, 6.45) is 3.73. The summed E-state index contributed by atoms with van der Waals surface area (Å²) < 4.78 is 0.933. The van der Waals surface area contributed by atoms with Crippen LogP contribution in [0.3, 0.4) is 0 Å². The number of aliphatic hydroxyl groups excluding tert-OH is 1. The van der Waals surface area contributed by atoms with Crippen LogP contribution in [0, 0.1) is 0 Å². The van der Waals surface area contributed by atoms with Crippen molar-refractivity contribution in [3.63, 3.8) is 0 Å². The molecule has 19 heavy (non-hydrogen) atoms. The Bertz CT molecular complexity index is 535. The number of hydrogen-bond acceptors (Lipinski definition) is 3. The molecule has 1 N–H and O–H groups in total. The summed E-state index contributed by atoms with van der Waals surface area (Å²) in [6, 6.07) is 9.60. The van der Waals surface area contributed by atoms with E-state index in [1.165, 1.54) is 0 Å². The van der Waals surface area contributed by atoms with Gasteiger partial charge in [0.1, 0.15) is 0 Å². The summed E-state index contributed by atoms with van der Waals surface area (Å²) in [4.78, 5) is 5.19. The Labute approximate surface area is 130 Å². The lowest BCUT2D eigenvalue weighted by molar-refractivity contribution is 0.200. The zero-order chi connectivity index (χ0) is 13.7. The lowest BCUT2D eigenvalue weighted by atomic mass is 10.1. The van der Waals surface area contributed by atoms with Crippen molar-refractivity contribution in [2.45, 2.75) is 17.4 Å². The van der Waals surface area contributed by atoms with Gasteiger partial charge in [-0.2, -0.15) is 0 Å². The molecule has 1 atom stereocenters. The van der Waals surface area contributed by atoms with Gasteiger partial charge in [0.15, 0.2) is 0 Å². The van der Waals surface area contributed by atoms with E-state index in [1.807, 2.05) is 30.3 Å². The normalized spacial score (nSPS) is 12.4. The molecule has 0 aliphatic heterocycles. The van der Waals surface area contributed by atoms with E-state index in [0.29, 0.717) is 12.2 Å². The minimum absolute atomic E-state index is 0.392. The molecule has 0 spiro atoms. The zero-order valence-corrected chi connectivity index (χ0v) is 13.3. The number of aliphatic hydroxyl groups is 1. The van der Waals surface area contributed by atoms with Crippen molar-refractivity contribution >= 4 is 39.3 Å². The summed E-state index contributed by atoms with van der Waals surface area (Å²) in [5.74, 6) is 0.647. The van der Waals surface area contributed by atoms with Crippen LogP contribution < -0.4 is 0 Å². The number of hydrogen-bond donors (Lipinski definition) is 1. The van der Waals surface area contributed by atoms with Crippen LogP contribution in [0.1, 0.15) is 5.56 Å². The lowest BCUT2D eigenvalue weighted by Crippen LogP contribution is -2.13. The fourth-order valence-electron chi connectivity index (χ4n) is 1.62. The summed E-state index contributed by atoms with van der Waals surface area (Å²) in [5.41, 5.74) is 1.03. The molecule has 1 heterocycles. The van der Waals surface area contributed by atoms with Crippen LogP contribution in [-0.4, -0.2) is 21.9 Å². The van der Waals surface area contributed by atoms with Crippen molar-refractivity contribution in [3.05, 3.63) is 57.8 Å². The topological polar surface area (TPSA) is 33.1 Å². The molecule has 100 valence electrons. The van der Waals surface area contributed by atoms with Crippen molar-refractivity contribution in [2.24, 2.45) is 0 Å². The van der Waals surface area contributed by atoms with Crippen LogP contribution in [0.25, 0.3) is 0 Å². The van der Waals surface area contributed by atoms with Gasteiger partial charge in [0.05, 0.1) is 6.10 Å². The quantitative estimate of drug-likeness (QED) is 0.813. The SMILES string of the molecule is OC(CSc1ccc(Cl)cc1)Cc1cncc(Br)c1. The van der Waals surface area contributed by atoms with Crippen LogP contribution in [0.15, 0.2) is 52.1 Å². The van der Waals surface area contributed by atoms with Crippen molar-refractivity contribution < 1.29 is 5.11 Å². The number of thioether (sulfide) groups is 1. The predicted octanol–water partition coefficient (Wildman–Crippen LogP) is 4.19. The molecule has 1 aromatic carbocycles. The maximum atomic E-state index is 10.0. The maximum Gasteiger partial charge on any atom is 0.0674 e. The number of nitrogens with zero attached hydrogens (tertiary/aromatic N) is 1. The van der Waals surface area contributed by atoms with Crippen molar-refractivity contribution in [1.29, 1.82) is 0 Å². The molecule has 5 heteroatoms. The van der Waals surface area contributed by atoms with Gasteiger partial charge in [-0.05, 0) is 51.8 Å². The lowest BCUT2D eigenvalue weighted by Gasteiger charge is -2.10. The molecule has 0 aliphatic rings. The van der Waals surface area contributed by atoms with Crippen LogP contribution in [0.4, 0.5) is 0 Å². The minimum Gasteiger partial charge on any atom is -0.392 e. The van der Waals surface area contributed by atoms with Gasteiger partial charge in [0.25, 0.3) is 0 Å². The molecule has 0 aliphatic carbocycles. The first-order chi connectivity index (χ1) is 9.13. The van der Waals surface area contributed by atoms with E-state index in [-0.39, 0.29) is 0 Å². The number of halogens is 2. The standard InChI is InChI=1S/C14H13BrClNOS/c15-11-5-10(7-17-8-11)6-13(18)9-19-14-3-1-12(16)2-4-14/h1-5,7-8,13,18H,6,9H2. The Hall–Kier alpha value is -0.550. The average Bonchev–Trinajstić information content (AvgIpc) is 2.38. The summed E-state index contributed by atoms with van der Waals surface area (Å²) in [7, 11) is 0. The Morgan fingerprint density at radius 2 is 2.00 bits per heavy atom. The van der Waals surface area contributed by atoms with Crippen LogP contribution in [0.2, 0.25) is 5.02 Å². The highest BCUT2D eigenvalue weighted by Gasteiger charge is 2.07. The van der Waals surface area contributed by atoms with E-state index >= 15 is 0 Å². The molecule has 0 radical (unpaired) electrons. The molecule has 2 nitrogen and oxygen atoms in total. The first kappa shape index (κ1) is 14.9. The van der Waals surface area contributed by atoms with Crippen LogP contribution in [0.5, 0.6) is 0 Å². The minimum atomic E-state index is -0.392. The molecule has 2 aromatic rings. The number of rotatable bonds is 5. The van der Waals surface area contributed by atoms with Crippen LogP contribution >= 0.6 is 39.3 Å².